The Hall–Kier alpha value is -2.18. The predicted molar refractivity (Wildman–Crippen MR) is 111 cm³/mol. The van der Waals surface area contributed by atoms with Crippen molar-refractivity contribution in [1.82, 2.24) is 4.90 Å². The molecule has 3 rings (SSSR count). The van der Waals surface area contributed by atoms with Crippen LogP contribution >= 0.6 is 23.4 Å². The highest BCUT2D eigenvalue weighted by atomic mass is 35.5. The highest BCUT2D eigenvalue weighted by Gasteiger charge is 2.44. The average molecular weight is 420 g/mol. The molecule has 148 valence electrons. The zero-order valence-corrected chi connectivity index (χ0v) is 17.3. The number of rotatable bonds is 6. The number of esters is 1. The van der Waals surface area contributed by atoms with Gasteiger partial charge in [0.2, 0.25) is 0 Å². The van der Waals surface area contributed by atoms with E-state index in [0.29, 0.717) is 28.7 Å². The van der Waals surface area contributed by atoms with Gasteiger partial charge in [-0.25, -0.2) is 4.79 Å². The van der Waals surface area contributed by atoms with Gasteiger partial charge in [0.15, 0.2) is 0 Å². The maximum atomic E-state index is 13.5. The second-order valence-corrected chi connectivity index (χ2v) is 7.82. The summed E-state index contributed by atoms with van der Waals surface area (Å²) in [6.07, 6.45) is 0.722. The number of amides is 1. The van der Waals surface area contributed by atoms with Gasteiger partial charge < -0.3 is 14.4 Å². The minimum atomic E-state index is -0.685. The molecule has 28 heavy (non-hydrogen) atoms. The standard InChI is InChI=1S/C21H22ClNO4S/c1-3-12-27-21(25)17-13-28-20(14-8-4-6-10-16(14)22)23(17)19(24)15-9-5-7-11-18(15)26-2/h4-11,17,20H,3,12-13H2,1-2H3. The normalized spacial score (nSPS) is 18.8. The molecule has 1 aliphatic rings. The molecule has 1 aliphatic heterocycles. The number of methoxy groups -OCH3 is 1. The van der Waals surface area contributed by atoms with Crippen molar-refractivity contribution in [2.75, 3.05) is 19.5 Å². The third kappa shape index (κ3) is 4.13. The van der Waals surface area contributed by atoms with Gasteiger partial charge in [0.25, 0.3) is 5.91 Å². The van der Waals surface area contributed by atoms with E-state index in [1.165, 1.54) is 18.9 Å². The number of carbonyl (C=O) groups excluding carboxylic acids is 2. The van der Waals surface area contributed by atoms with Crippen molar-refractivity contribution < 1.29 is 19.1 Å². The van der Waals surface area contributed by atoms with E-state index in [9.17, 15) is 9.59 Å². The number of halogens is 1. The number of thioether (sulfide) groups is 1. The van der Waals surface area contributed by atoms with Crippen LogP contribution < -0.4 is 4.74 Å². The maximum Gasteiger partial charge on any atom is 0.329 e. The van der Waals surface area contributed by atoms with Gasteiger partial charge in [-0.15, -0.1) is 11.8 Å². The van der Waals surface area contributed by atoms with Gasteiger partial charge in [0.1, 0.15) is 17.2 Å². The molecule has 0 spiro atoms. The van der Waals surface area contributed by atoms with E-state index in [-0.39, 0.29) is 11.3 Å². The Kier molecular flexibility index (Phi) is 6.86. The van der Waals surface area contributed by atoms with Crippen LogP contribution in [0.1, 0.15) is 34.6 Å². The van der Waals surface area contributed by atoms with E-state index < -0.39 is 12.0 Å². The largest absolute Gasteiger partial charge is 0.496 e. The molecule has 2 aromatic rings. The van der Waals surface area contributed by atoms with E-state index in [2.05, 4.69) is 0 Å². The number of benzene rings is 2. The van der Waals surface area contributed by atoms with Crippen LogP contribution in [0.5, 0.6) is 5.75 Å². The van der Waals surface area contributed by atoms with Crippen LogP contribution in [0.3, 0.4) is 0 Å². The summed E-state index contributed by atoms with van der Waals surface area (Å²) in [4.78, 5) is 27.7. The average Bonchev–Trinajstić information content (AvgIpc) is 3.16. The molecule has 0 N–H and O–H groups in total. The van der Waals surface area contributed by atoms with Crippen molar-refractivity contribution in [3.05, 3.63) is 64.7 Å². The fraction of sp³-hybridized carbons (Fsp3) is 0.333. The third-order valence-electron chi connectivity index (χ3n) is 4.46. The number of para-hydroxylation sites is 1. The van der Waals surface area contributed by atoms with Crippen molar-refractivity contribution in [2.24, 2.45) is 0 Å². The summed E-state index contributed by atoms with van der Waals surface area (Å²) in [5.41, 5.74) is 1.20. The third-order valence-corrected chi connectivity index (χ3v) is 6.11. The SMILES string of the molecule is CCCOC(=O)C1CSC(c2ccccc2Cl)N1C(=O)c1ccccc1OC. The molecule has 1 heterocycles. The molecule has 2 atom stereocenters. The first-order chi connectivity index (χ1) is 13.6. The van der Waals surface area contributed by atoms with Gasteiger partial charge in [-0.2, -0.15) is 0 Å². The van der Waals surface area contributed by atoms with Crippen LogP contribution in [0, 0.1) is 0 Å². The van der Waals surface area contributed by atoms with Crippen LogP contribution in [0.2, 0.25) is 5.02 Å². The fourth-order valence-electron chi connectivity index (χ4n) is 3.11. The molecule has 0 bridgehead atoms. The van der Waals surface area contributed by atoms with Crippen LogP contribution in [0.25, 0.3) is 0 Å². The minimum absolute atomic E-state index is 0.286. The highest BCUT2D eigenvalue weighted by Crippen LogP contribution is 2.45. The van der Waals surface area contributed by atoms with Gasteiger partial charge in [0.05, 0.1) is 19.3 Å². The monoisotopic (exact) mass is 419 g/mol. The smallest absolute Gasteiger partial charge is 0.329 e. The molecule has 2 unspecified atom stereocenters. The second kappa shape index (κ2) is 9.34. The number of nitrogens with zero attached hydrogens (tertiary/aromatic N) is 1. The lowest BCUT2D eigenvalue weighted by Crippen LogP contribution is -2.44. The summed E-state index contributed by atoms with van der Waals surface area (Å²) in [6.45, 7) is 2.26. The van der Waals surface area contributed by atoms with Gasteiger partial charge >= 0.3 is 5.97 Å². The van der Waals surface area contributed by atoms with Crippen LogP contribution in [-0.4, -0.2) is 42.3 Å². The Morgan fingerprint density at radius 1 is 1.18 bits per heavy atom. The van der Waals surface area contributed by atoms with Gasteiger partial charge in [0, 0.05) is 16.3 Å². The number of hydrogen-bond acceptors (Lipinski definition) is 5. The maximum absolute atomic E-state index is 13.5. The zero-order chi connectivity index (χ0) is 20.1. The molecular formula is C21H22ClNO4S. The van der Waals surface area contributed by atoms with Crippen LogP contribution in [0.15, 0.2) is 48.5 Å². The van der Waals surface area contributed by atoms with E-state index in [4.69, 9.17) is 21.1 Å². The molecule has 1 amide bonds. The summed E-state index contributed by atoms with van der Waals surface area (Å²) in [5, 5.41) is 0.172. The number of hydrogen-bond donors (Lipinski definition) is 0. The Morgan fingerprint density at radius 3 is 2.61 bits per heavy atom. The first-order valence-corrected chi connectivity index (χ1v) is 10.5. The molecule has 0 saturated carbocycles. The van der Waals surface area contributed by atoms with Crippen molar-refractivity contribution in [3.8, 4) is 5.75 Å². The van der Waals surface area contributed by atoms with Crippen LogP contribution in [-0.2, 0) is 9.53 Å². The van der Waals surface area contributed by atoms with Crippen LogP contribution in [0.4, 0.5) is 0 Å². The van der Waals surface area contributed by atoms with E-state index in [0.717, 1.165) is 12.0 Å². The lowest BCUT2D eigenvalue weighted by molar-refractivity contribution is -0.148. The van der Waals surface area contributed by atoms with Crippen molar-refractivity contribution in [1.29, 1.82) is 0 Å². The molecule has 0 radical (unpaired) electrons. The lowest BCUT2D eigenvalue weighted by atomic mass is 10.1. The Morgan fingerprint density at radius 2 is 1.89 bits per heavy atom. The summed E-state index contributed by atoms with van der Waals surface area (Å²) < 4.78 is 10.7. The molecule has 5 nitrogen and oxygen atoms in total. The first kappa shape index (κ1) is 20.6. The van der Waals surface area contributed by atoms with Gasteiger partial charge in [-0.1, -0.05) is 48.9 Å². The molecule has 7 heteroatoms. The van der Waals surface area contributed by atoms with Crippen molar-refractivity contribution in [3.63, 3.8) is 0 Å². The van der Waals surface area contributed by atoms with Crippen molar-refractivity contribution >= 4 is 35.2 Å². The Labute approximate surface area is 174 Å². The quantitative estimate of drug-likeness (QED) is 0.642. The highest BCUT2D eigenvalue weighted by molar-refractivity contribution is 7.99. The number of ether oxygens (including phenoxy) is 2. The van der Waals surface area contributed by atoms with Gasteiger partial charge in [-0.05, 0) is 24.6 Å². The Balaban J connectivity index is 2.01. The predicted octanol–water partition coefficient (Wildman–Crippen LogP) is 4.56. The summed E-state index contributed by atoms with van der Waals surface area (Å²) in [6, 6.07) is 13.7. The molecular weight excluding hydrogens is 398 g/mol. The fourth-order valence-corrected chi connectivity index (χ4v) is 4.86. The van der Waals surface area contributed by atoms with Crippen molar-refractivity contribution in [2.45, 2.75) is 24.8 Å². The van der Waals surface area contributed by atoms with E-state index >= 15 is 0 Å². The molecule has 2 aromatic carbocycles. The second-order valence-electron chi connectivity index (χ2n) is 6.30. The summed E-state index contributed by atoms with van der Waals surface area (Å²) in [7, 11) is 1.52. The van der Waals surface area contributed by atoms with Gasteiger partial charge in [-0.3, -0.25) is 4.79 Å². The molecule has 1 saturated heterocycles. The molecule has 1 fully saturated rings. The number of carbonyl (C=O) groups is 2. The molecule has 0 aliphatic carbocycles. The summed E-state index contributed by atoms with van der Waals surface area (Å²) >= 11 is 7.90. The molecule has 0 aromatic heterocycles. The lowest BCUT2D eigenvalue weighted by Gasteiger charge is -2.29. The topological polar surface area (TPSA) is 55.8 Å². The zero-order valence-electron chi connectivity index (χ0n) is 15.8. The van der Waals surface area contributed by atoms with E-state index in [1.54, 1.807) is 35.2 Å². The Bertz CT molecular complexity index is 860. The summed E-state index contributed by atoms with van der Waals surface area (Å²) in [5.74, 6) is 0.222. The van der Waals surface area contributed by atoms with E-state index in [1.807, 2.05) is 25.1 Å². The minimum Gasteiger partial charge on any atom is -0.496 e. The first-order valence-electron chi connectivity index (χ1n) is 9.06.